The molecule has 2 aromatic heterocycles. The Morgan fingerprint density at radius 3 is 2.79 bits per heavy atom. The number of aromatic nitrogens is 2. The van der Waals surface area contributed by atoms with Crippen LogP contribution in [-0.2, 0) is 4.79 Å². The minimum absolute atomic E-state index is 0.0502. The van der Waals surface area contributed by atoms with Gasteiger partial charge >= 0.3 is 5.97 Å². The lowest BCUT2D eigenvalue weighted by Gasteiger charge is -2.02. The van der Waals surface area contributed by atoms with Gasteiger partial charge in [-0.1, -0.05) is 24.3 Å². The first-order valence-corrected chi connectivity index (χ1v) is 10.7. The maximum Gasteiger partial charge on any atom is 0.303 e. The van der Waals surface area contributed by atoms with Crippen LogP contribution in [-0.4, -0.2) is 28.2 Å². The molecule has 0 aliphatic heterocycles. The van der Waals surface area contributed by atoms with Gasteiger partial charge in [-0.15, -0.1) is 22.7 Å². The van der Waals surface area contributed by atoms with Crippen LogP contribution < -0.4 is 4.74 Å². The van der Waals surface area contributed by atoms with E-state index in [1.54, 1.807) is 29.8 Å². The molecule has 2 heterocycles. The number of carboxylic acid groups (broad SMARTS) is 1. The molecule has 1 N–H and O–H groups in total. The summed E-state index contributed by atoms with van der Waals surface area (Å²) in [4.78, 5) is 20.5. The van der Waals surface area contributed by atoms with E-state index in [1.807, 2.05) is 60.0 Å². The standard InChI is InChI=1S/C22H18N2O3S2/c1-27-17-6-4-5-14(12-17)21-23-16(13-28-21)11-15(9-10-20(25)26)22-24-18-7-2-3-8-19(18)29-22/h2-8,11-13H,9-10H2,1H3,(H,25,26). The molecule has 0 aliphatic rings. The van der Waals surface area contributed by atoms with Crippen LogP contribution in [0.15, 0.2) is 53.9 Å². The highest BCUT2D eigenvalue weighted by atomic mass is 32.1. The predicted octanol–water partition coefficient (Wildman–Crippen LogP) is 5.83. The highest BCUT2D eigenvalue weighted by Gasteiger charge is 2.12. The molecule has 0 atom stereocenters. The molecule has 0 spiro atoms. The van der Waals surface area contributed by atoms with Crippen molar-refractivity contribution in [1.82, 2.24) is 9.97 Å². The molecule has 0 amide bonds. The van der Waals surface area contributed by atoms with Crippen LogP contribution in [0.25, 0.3) is 32.4 Å². The van der Waals surface area contributed by atoms with E-state index in [9.17, 15) is 4.79 Å². The Hall–Kier alpha value is -3.03. The van der Waals surface area contributed by atoms with E-state index in [0.29, 0.717) is 6.42 Å². The summed E-state index contributed by atoms with van der Waals surface area (Å²) in [5.41, 5.74) is 3.59. The Morgan fingerprint density at radius 2 is 2.00 bits per heavy atom. The second-order valence-corrected chi connectivity index (χ2v) is 8.25. The molecule has 4 aromatic rings. The van der Waals surface area contributed by atoms with Crippen molar-refractivity contribution < 1.29 is 14.6 Å². The summed E-state index contributed by atoms with van der Waals surface area (Å²) in [6.07, 6.45) is 2.40. The van der Waals surface area contributed by atoms with E-state index < -0.39 is 5.97 Å². The van der Waals surface area contributed by atoms with E-state index in [1.165, 1.54) is 0 Å². The lowest BCUT2D eigenvalue weighted by atomic mass is 10.1. The van der Waals surface area contributed by atoms with Gasteiger partial charge in [-0.05, 0) is 42.3 Å². The quantitative estimate of drug-likeness (QED) is 0.405. The number of rotatable bonds is 7. The van der Waals surface area contributed by atoms with E-state index in [-0.39, 0.29) is 6.42 Å². The smallest absolute Gasteiger partial charge is 0.303 e. The summed E-state index contributed by atoms with van der Waals surface area (Å²) in [6.45, 7) is 0. The van der Waals surface area contributed by atoms with E-state index in [4.69, 9.17) is 19.8 Å². The Labute approximate surface area is 176 Å². The fourth-order valence-electron chi connectivity index (χ4n) is 2.91. The molecule has 2 aromatic carbocycles. The molecule has 0 saturated heterocycles. The summed E-state index contributed by atoms with van der Waals surface area (Å²) in [6, 6.07) is 15.7. The monoisotopic (exact) mass is 422 g/mol. The number of para-hydroxylation sites is 1. The average Bonchev–Trinajstić information content (AvgIpc) is 3.38. The minimum atomic E-state index is -0.827. The van der Waals surface area contributed by atoms with E-state index in [0.717, 1.165) is 42.8 Å². The molecule has 5 nitrogen and oxygen atoms in total. The third-order valence-corrected chi connectivity index (χ3v) is 6.36. The fourth-order valence-corrected chi connectivity index (χ4v) is 4.70. The largest absolute Gasteiger partial charge is 0.497 e. The van der Waals surface area contributed by atoms with Crippen LogP contribution >= 0.6 is 22.7 Å². The van der Waals surface area contributed by atoms with E-state index in [2.05, 4.69) is 0 Å². The van der Waals surface area contributed by atoms with Gasteiger partial charge in [-0.25, -0.2) is 9.97 Å². The van der Waals surface area contributed by atoms with Gasteiger partial charge in [0.25, 0.3) is 0 Å². The highest BCUT2D eigenvalue weighted by Crippen LogP contribution is 2.32. The second kappa shape index (κ2) is 8.55. The summed E-state index contributed by atoms with van der Waals surface area (Å²) in [5.74, 6) is -0.0428. The third kappa shape index (κ3) is 4.52. The topological polar surface area (TPSA) is 72.3 Å². The van der Waals surface area contributed by atoms with Crippen molar-refractivity contribution in [2.45, 2.75) is 12.8 Å². The Balaban J connectivity index is 1.68. The number of hydrogen-bond acceptors (Lipinski definition) is 6. The van der Waals surface area contributed by atoms with Crippen LogP contribution in [0, 0.1) is 0 Å². The number of ether oxygens (including phenoxy) is 1. The average molecular weight is 423 g/mol. The van der Waals surface area contributed by atoms with Gasteiger partial charge < -0.3 is 9.84 Å². The molecule has 0 saturated carbocycles. The van der Waals surface area contributed by atoms with Crippen LogP contribution in [0.1, 0.15) is 23.5 Å². The van der Waals surface area contributed by atoms with Gasteiger partial charge in [0.1, 0.15) is 15.8 Å². The van der Waals surface area contributed by atoms with Crippen molar-refractivity contribution in [3.8, 4) is 16.3 Å². The molecule has 7 heteroatoms. The third-order valence-electron chi connectivity index (χ3n) is 4.34. The van der Waals surface area contributed by atoms with Crippen LogP contribution in [0.4, 0.5) is 0 Å². The zero-order chi connectivity index (χ0) is 20.2. The number of carboxylic acids is 1. The Kier molecular flexibility index (Phi) is 5.69. The van der Waals surface area contributed by atoms with Crippen molar-refractivity contribution in [1.29, 1.82) is 0 Å². The molecule has 0 fully saturated rings. The summed E-state index contributed by atoms with van der Waals surface area (Å²) in [7, 11) is 1.64. The molecular formula is C22H18N2O3S2. The first kappa shape index (κ1) is 19.3. The zero-order valence-corrected chi connectivity index (χ0v) is 17.3. The van der Waals surface area contributed by atoms with Gasteiger partial charge in [0.15, 0.2) is 0 Å². The van der Waals surface area contributed by atoms with Crippen molar-refractivity contribution in [3.05, 3.63) is 64.6 Å². The first-order valence-electron chi connectivity index (χ1n) is 9.00. The van der Waals surface area contributed by atoms with E-state index >= 15 is 0 Å². The maximum absolute atomic E-state index is 11.1. The van der Waals surface area contributed by atoms with Crippen molar-refractivity contribution in [2.24, 2.45) is 0 Å². The first-order chi connectivity index (χ1) is 14.1. The van der Waals surface area contributed by atoms with Gasteiger partial charge in [0.2, 0.25) is 0 Å². The predicted molar refractivity (Wildman–Crippen MR) is 118 cm³/mol. The maximum atomic E-state index is 11.1. The van der Waals surface area contributed by atoms with Gasteiger partial charge in [0, 0.05) is 17.4 Å². The molecular weight excluding hydrogens is 404 g/mol. The Morgan fingerprint density at radius 1 is 1.14 bits per heavy atom. The normalized spacial score (nSPS) is 11.7. The van der Waals surface area contributed by atoms with Crippen LogP contribution in [0.5, 0.6) is 5.75 Å². The molecule has 0 aliphatic carbocycles. The second-order valence-electron chi connectivity index (χ2n) is 6.36. The number of carbonyl (C=O) groups is 1. The van der Waals surface area contributed by atoms with Crippen molar-refractivity contribution in [2.75, 3.05) is 7.11 Å². The minimum Gasteiger partial charge on any atom is -0.497 e. The number of nitrogens with zero attached hydrogens (tertiary/aromatic N) is 2. The molecule has 0 unspecified atom stereocenters. The SMILES string of the molecule is COc1cccc(-c2nc(C=C(CCC(=O)O)c3nc4ccccc4s3)cs2)c1. The number of benzene rings is 2. The molecule has 4 rings (SSSR count). The van der Waals surface area contributed by atoms with Gasteiger partial charge in [-0.3, -0.25) is 4.79 Å². The van der Waals surface area contributed by atoms with Crippen molar-refractivity contribution >= 4 is 50.5 Å². The number of methoxy groups -OCH3 is 1. The molecule has 146 valence electrons. The van der Waals surface area contributed by atoms with Gasteiger partial charge in [0.05, 0.1) is 23.0 Å². The molecule has 0 radical (unpaired) electrons. The lowest BCUT2D eigenvalue weighted by molar-refractivity contribution is -0.136. The summed E-state index contributed by atoms with van der Waals surface area (Å²) < 4.78 is 6.37. The van der Waals surface area contributed by atoms with Gasteiger partial charge in [-0.2, -0.15) is 0 Å². The fraction of sp³-hybridized carbons (Fsp3) is 0.136. The molecule has 29 heavy (non-hydrogen) atoms. The summed E-state index contributed by atoms with van der Waals surface area (Å²) in [5, 5.41) is 12.8. The van der Waals surface area contributed by atoms with Crippen LogP contribution in [0.3, 0.4) is 0 Å². The lowest BCUT2D eigenvalue weighted by Crippen LogP contribution is -1.95. The zero-order valence-electron chi connectivity index (χ0n) is 15.7. The highest BCUT2D eigenvalue weighted by molar-refractivity contribution is 7.19. The van der Waals surface area contributed by atoms with Crippen molar-refractivity contribution in [3.63, 3.8) is 0 Å². The molecule has 0 bridgehead atoms. The van der Waals surface area contributed by atoms with Crippen LogP contribution in [0.2, 0.25) is 0 Å². The Bertz CT molecular complexity index is 1160. The number of thiazole rings is 2. The number of aliphatic carboxylic acids is 1. The number of fused-ring (bicyclic) bond motifs is 1. The number of hydrogen-bond donors (Lipinski definition) is 1. The number of allylic oxidation sites excluding steroid dienone is 1. The summed E-state index contributed by atoms with van der Waals surface area (Å²) >= 11 is 3.12.